The van der Waals surface area contributed by atoms with Gasteiger partial charge in [0.25, 0.3) is 0 Å². The fraction of sp³-hybridized carbons (Fsp3) is 0.133. The van der Waals surface area contributed by atoms with Gasteiger partial charge < -0.3 is 9.47 Å². The van der Waals surface area contributed by atoms with Crippen molar-refractivity contribution in [3.8, 4) is 0 Å². The molecular formula is C30H21BrO4. The van der Waals surface area contributed by atoms with E-state index in [9.17, 15) is 9.59 Å². The van der Waals surface area contributed by atoms with Crippen molar-refractivity contribution >= 4 is 27.9 Å². The summed E-state index contributed by atoms with van der Waals surface area (Å²) in [6.07, 6.45) is -1.50. The lowest BCUT2D eigenvalue weighted by Gasteiger charge is -2.53. The molecule has 0 aliphatic heterocycles. The topological polar surface area (TPSA) is 52.6 Å². The predicted molar refractivity (Wildman–Crippen MR) is 136 cm³/mol. The number of ether oxygens (including phenoxy) is 2. The third kappa shape index (κ3) is 3.41. The third-order valence-electron chi connectivity index (χ3n) is 6.89. The molecule has 0 N–H and O–H groups in total. The molecule has 0 saturated heterocycles. The lowest BCUT2D eigenvalue weighted by molar-refractivity contribution is -0.0600. The van der Waals surface area contributed by atoms with Crippen LogP contribution in [0.25, 0.3) is 0 Å². The van der Waals surface area contributed by atoms with Gasteiger partial charge in [-0.25, -0.2) is 9.59 Å². The van der Waals surface area contributed by atoms with Crippen molar-refractivity contribution in [2.45, 2.75) is 22.5 Å². The summed E-state index contributed by atoms with van der Waals surface area (Å²) in [5.74, 6) is -1.18. The lowest BCUT2D eigenvalue weighted by atomic mass is 9.60. The molecule has 4 aromatic rings. The van der Waals surface area contributed by atoms with Gasteiger partial charge in [-0.15, -0.1) is 0 Å². The van der Waals surface area contributed by atoms with Crippen LogP contribution < -0.4 is 0 Å². The van der Waals surface area contributed by atoms with Gasteiger partial charge in [-0.1, -0.05) is 101 Å². The highest BCUT2D eigenvalue weighted by atomic mass is 79.9. The highest BCUT2D eigenvalue weighted by Crippen LogP contribution is 2.61. The average molecular weight is 525 g/mol. The highest BCUT2D eigenvalue weighted by molar-refractivity contribution is 9.09. The van der Waals surface area contributed by atoms with Gasteiger partial charge in [0.15, 0.2) is 12.2 Å². The Morgan fingerprint density at radius 3 is 1.54 bits per heavy atom. The Kier molecular flexibility index (Phi) is 5.30. The summed E-state index contributed by atoms with van der Waals surface area (Å²) in [6, 6.07) is 33.9. The number of benzene rings is 4. The van der Waals surface area contributed by atoms with E-state index in [1.165, 1.54) is 0 Å². The molecule has 7 rings (SSSR count). The molecular weight excluding hydrogens is 504 g/mol. The first-order chi connectivity index (χ1) is 17.1. The quantitative estimate of drug-likeness (QED) is 0.234. The highest BCUT2D eigenvalue weighted by Gasteiger charge is 2.61. The minimum Gasteiger partial charge on any atom is -0.454 e. The zero-order valence-corrected chi connectivity index (χ0v) is 20.2. The van der Waals surface area contributed by atoms with Gasteiger partial charge in [0.1, 0.15) is 4.32 Å². The smallest absolute Gasteiger partial charge is 0.338 e. The van der Waals surface area contributed by atoms with Crippen LogP contribution in [0, 0.1) is 0 Å². The van der Waals surface area contributed by atoms with Crippen molar-refractivity contribution < 1.29 is 19.1 Å². The second-order valence-electron chi connectivity index (χ2n) is 8.79. The first-order valence-electron chi connectivity index (χ1n) is 11.5. The Balaban J connectivity index is 1.50. The van der Waals surface area contributed by atoms with E-state index in [1.54, 1.807) is 48.5 Å². The Morgan fingerprint density at radius 1 is 0.600 bits per heavy atom. The minimum absolute atomic E-state index is 0.275. The van der Waals surface area contributed by atoms with Crippen LogP contribution in [-0.4, -0.2) is 24.1 Å². The van der Waals surface area contributed by atoms with Gasteiger partial charge in [0.2, 0.25) is 0 Å². The molecule has 3 aliphatic carbocycles. The van der Waals surface area contributed by atoms with Gasteiger partial charge in [0, 0.05) is 0 Å². The predicted octanol–water partition coefficient (Wildman–Crippen LogP) is 6.24. The Bertz CT molecular complexity index is 1370. The van der Waals surface area contributed by atoms with E-state index in [2.05, 4.69) is 28.1 Å². The fourth-order valence-electron chi connectivity index (χ4n) is 5.37. The first-order valence-corrected chi connectivity index (χ1v) is 12.3. The van der Waals surface area contributed by atoms with Crippen LogP contribution in [0.5, 0.6) is 0 Å². The van der Waals surface area contributed by atoms with Crippen LogP contribution in [0.15, 0.2) is 109 Å². The molecule has 4 aromatic carbocycles. The van der Waals surface area contributed by atoms with E-state index in [0.717, 1.165) is 22.3 Å². The number of rotatable bonds is 4. The zero-order chi connectivity index (χ0) is 24.0. The molecule has 35 heavy (non-hydrogen) atoms. The molecule has 2 bridgehead atoms. The molecule has 0 aromatic heterocycles. The van der Waals surface area contributed by atoms with Crippen molar-refractivity contribution in [3.63, 3.8) is 0 Å². The van der Waals surface area contributed by atoms with Gasteiger partial charge >= 0.3 is 11.9 Å². The molecule has 5 heteroatoms. The Morgan fingerprint density at radius 2 is 1.03 bits per heavy atom. The number of carbonyl (C=O) groups excluding carboxylic acids is 2. The largest absolute Gasteiger partial charge is 0.454 e. The zero-order valence-electron chi connectivity index (χ0n) is 18.6. The van der Waals surface area contributed by atoms with Crippen LogP contribution in [0.4, 0.5) is 0 Å². The van der Waals surface area contributed by atoms with E-state index < -0.39 is 28.5 Å². The van der Waals surface area contributed by atoms with E-state index in [0.29, 0.717) is 11.1 Å². The number of carbonyl (C=O) groups is 2. The molecule has 0 heterocycles. The molecule has 2 unspecified atom stereocenters. The Hall–Kier alpha value is -3.70. The average Bonchev–Trinajstić information content (AvgIpc) is 2.91. The van der Waals surface area contributed by atoms with Crippen molar-refractivity contribution in [1.82, 2.24) is 0 Å². The molecule has 0 fully saturated rings. The molecule has 4 nitrogen and oxygen atoms in total. The maximum Gasteiger partial charge on any atom is 0.338 e. The maximum absolute atomic E-state index is 13.3. The standard InChI is InChI=1S/C30H21BrO4/c31-30-23-17-9-7-15-21(23)25(22-16-8-10-18-24(22)30)26(34-28(32)19-11-3-1-4-12-19)27(30)35-29(33)20-13-5-2-6-14-20/h1-18,25-27H/t25-,26?,27?,30-. The second kappa shape index (κ2) is 8.51. The van der Waals surface area contributed by atoms with Crippen molar-refractivity contribution in [2.24, 2.45) is 0 Å². The lowest BCUT2D eigenvalue weighted by Crippen LogP contribution is -2.58. The molecule has 3 aliphatic rings. The number of hydrogen-bond donors (Lipinski definition) is 0. The summed E-state index contributed by atoms with van der Waals surface area (Å²) >= 11 is 4.02. The number of hydrogen-bond acceptors (Lipinski definition) is 4. The van der Waals surface area contributed by atoms with E-state index >= 15 is 0 Å². The van der Waals surface area contributed by atoms with Crippen molar-refractivity contribution in [3.05, 3.63) is 143 Å². The number of alkyl halides is 1. The third-order valence-corrected chi connectivity index (χ3v) is 8.20. The number of esters is 2. The second-order valence-corrected chi connectivity index (χ2v) is 10.0. The fourth-order valence-corrected chi connectivity index (χ4v) is 6.45. The monoisotopic (exact) mass is 524 g/mol. The molecule has 2 atom stereocenters. The first kappa shape index (κ1) is 21.8. The minimum atomic E-state index is -0.874. The molecule has 0 radical (unpaired) electrons. The summed E-state index contributed by atoms with van der Waals surface area (Å²) in [6.45, 7) is 0. The van der Waals surface area contributed by atoms with E-state index in [-0.39, 0.29) is 5.92 Å². The molecule has 172 valence electrons. The van der Waals surface area contributed by atoms with Gasteiger partial charge in [-0.2, -0.15) is 0 Å². The van der Waals surface area contributed by atoms with Crippen molar-refractivity contribution in [1.29, 1.82) is 0 Å². The van der Waals surface area contributed by atoms with Crippen LogP contribution in [0.1, 0.15) is 48.9 Å². The summed E-state index contributed by atoms with van der Waals surface area (Å²) in [5, 5.41) is 0. The van der Waals surface area contributed by atoms with Crippen molar-refractivity contribution in [2.75, 3.05) is 0 Å². The van der Waals surface area contributed by atoms with E-state index in [1.807, 2.05) is 48.5 Å². The normalized spacial score (nSPS) is 23.6. The number of halogens is 1. The van der Waals surface area contributed by atoms with Crippen LogP contribution in [-0.2, 0) is 13.8 Å². The van der Waals surface area contributed by atoms with Crippen LogP contribution in [0.3, 0.4) is 0 Å². The Labute approximate surface area is 211 Å². The maximum atomic E-state index is 13.3. The summed E-state index contributed by atoms with van der Waals surface area (Å²) in [5.41, 5.74) is 5.04. The van der Waals surface area contributed by atoms with Crippen LogP contribution >= 0.6 is 15.9 Å². The summed E-state index contributed by atoms with van der Waals surface area (Å²) in [7, 11) is 0. The SMILES string of the molecule is O=C(OC1C(OC(=O)c2ccccc2)[C@]2(Br)c3ccccc3[C@H]1c1ccccc12)c1ccccc1. The number of fused-ring (bicyclic) bond motifs is 1. The van der Waals surface area contributed by atoms with Gasteiger partial charge in [-0.3, -0.25) is 0 Å². The summed E-state index contributed by atoms with van der Waals surface area (Å²) in [4.78, 5) is 26.5. The van der Waals surface area contributed by atoms with Crippen LogP contribution in [0.2, 0.25) is 0 Å². The summed E-state index contributed by atoms with van der Waals surface area (Å²) < 4.78 is 11.5. The molecule has 0 amide bonds. The van der Waals surface area contributed by atoms with Gasteiger partial charge in [-0.05, 0) is 46.5 Å². The molecule has 0 spiro atoms. The van der Waals surface area contributed by atoms with E-state index in [4.69, 9.17) is 9.47 Å². The molecule has 0 saturated carbocycles. The van der Waals surface area contributed by atoms with Gasteiger partial charge in [0.05, 0.1) is 17.0 Å².